The van der Waals surface area contributed by atoms with Gasteiger partial charge < -0.3 is 9.88 Å². The summed E-state index contributed by atoms with van der Waals surface area (Å²) in [4.78, 5) is 16.5. The molecule has 0 bridgehead atoms. The van der Waals surface area contributed by atoms with Crippen LogP contribution in [-0.4, -0.2) is 15.5 Å². The predicted molar refractivity (Wildman–Crippen MR) is 98.3 cm³/mol. The lowest BCUT2D eigenvalue weighted by atomic mass is 10.1. The van der Waals surface area contributed by atoms with Gasteiger partial charge in [0.25, 0.3) is 0 Å². The van der Waals surface area contributed by atoms with Crippen LogP contribution in [-0.2, 0) is 31.0 Å². The van der Waals surface area contributed by atoms with E-state index in [0.29, 0.717) is 22.8 Å². The van der Waals surface area contributed by atoms with Crippen LogP contribution < -0.4 is 5.32 Å². The standard InChI is InChI=1S/C19H18F3N3OS/c1-12-3-8-16(25(12)2)10-23-17(26)9-15-11-27-18(24-15)13-4-6-14(7-5-13)19(20,21)22/h3-8,11H,9-10H2,1-2H3,(H,23,26). The molecule has 1 amide bonds. The number of alkyl halides is 3. The highest BCUT2D eigenvalue weighted by Gasteiger charge is 2.30. The summed E-state index contributed by atoms with van der Waals surface area (Å²) in [6.45, 7) is 2.42. The molecule has 3 rings (SSSR count). The average Bonchev–Trinajstić information content (AvgIpc) is 3.20. The second kappa shape index (κ2) is 7.56. The van der Waals surface area contributed by atoms with E-state index < -0.39 is 11.7 Å². The van der Waals surface area contributed by atoms with Crippen LogP contribution in [0.5, 0.6) is 0 Å². The second-order valence-corrected chi connectivity index (χ2v) is 7.06. The molecule has 1 aromatic carbocycles. The predicted octanol–water partition coefficient (Wildman–Crippen LogP) is 4.33. The molecule has 1 N–H and O–H groups in total. The molecule has 0 saturated heterocycles. The minimum Gasteiger partial charge on any atom is -0.350 e. The number of halogens is 3. The Kier molecular flexibility index (Phi) is 5.36. The van der Waals surface area contributed by atoms with Crippen LogP contribution in [0.15, 0.2) is 41.8 Å². The average molecular weight is 393 g/mol. The van der Waals surface area contributed by atoms with E-state index in [4.69, 9.17) is 0 Å². The van der Waals surface area contributed by atoms with Gasteiger partial charge in [-0.05, 0) is 31.2 Å². The van der Waals surface area contributed by atoms with Gasteiger partial charge in [0, 0.05) is 29.4 Å². The Bertz CT molecular complexity index is 942. The van der Waals surface area contributed by atoms with Gasteiger partial charge >= 0.3 is 6.18 Å². The monoisotopic (exact) mass is 393 g/mol. The minimum absolute atomic E-state index is 0.126. The smallest absolute Gasteiger partial charge is 0.350 e. The fraction of sp³-hybridized carbons (Fsp3) is 0.263. The Morgan fingerprint density at radius 2 is 1.89 bits per heavy atom. The van der Waals surface area contributed by atoms with Gasteiger partial charge in [0.2, 0.25) is 5.91 Å². The van der Waals surface area contributed by atoms with E-state index in [1.54, 1.807) is 5.38 Å². The SMILES string of the molecule is Cc1ccc(CNC(=O)Cc2csc(-c3ccc(C(F)(F)F)cc3)n2)n1C. The Balaban J connectivity index is 1.60. The van der Waals surface area contributed by atoms with Crippen LogP contribution in [0.25, 0.3) is 10.6 Å². The van der Waals surface area contributed by atoms with Gasteiger partial charge in [-0.15, -0.1) is 11.3 Å². The zero-order chi connectivity index (χ0) is 19.6. The third-order valence-electron chi connectivity index (χ3n) is 4.30. The van der Waals surface area contributed by atoms with Crippen molar-refractivity contribution in [1.82, 2.24) is 14.9 Å². The van der Waals surface area contributed by atoms with E-state index in [9.17, 15) is 18.0 Å². The molecule has 142 valence electrons. The van der Waals surface area contributed by atoms with Crippen LogP contribution in [0.1, 0.15) is 22.6 Å². The molecule has 27 heavy (non-hydrogen) atoms. The van der Waals surface area contributed by atoms with Crippen LogP contribution in [0.4, 0.5) is 13.2 Å². The number of benzene rings is 1. The van der Waals surface area contributed by atoms with Crippen LogP contribution in [0.2, 0.25) is 0 Å². The van der Waals surface area contributed by atoms with Crippen molar-refractivity contribution < 1.29 is 18.0 Å². The minimum atomic E-state index is -4.36. The molecule has 0 unspecified atom stereocenters. The molecule has 2 aromatic heterocycles. The summed E-state index contributed by atoms with van der Waals surface area (Å²) in [5.74, 6) is -0.155. The summed E-state index contributed by atoms with van der Waals surface area (Å²) in [6, 6.07) is 8.79. The summed E-state index contributed by atoms with van der Waals surface area (Å²) in [6.07, 6.45) is -4.23. The summed E-state index contributed by atoms with van der Waals surface area (Å²) < 4.78 is 39.9. The number of rotatable bonds is 5. The molecule has 0 aliphatic carbocycles. The molecule has 0 saturated carbocycles. The maximum absolute atomic E-state index is 12.6. The van der Waals surface area contributed by atoms with E-state index in [1.165, 1.54) is 23.5 Å². The normalized spacial score (nSPS) is 11.6. The van der Waals surface area contributed by atoms with Gasteiger partial charge in [0.1, 0.15) is 5.01 Å². The number of amides is 1. The van der Waals surface area contributed by atoms with Crippen molar-refractivity contribution in [3.05, 3.63) is 64.4 Å². The fourth-order valence-corrected chi connectivity index (χ4v) is 3.41. The van der Waals surface area contributed by atoms with Gasteiger partial charge in [-0.2, -0.15) is 13.2 Å². The Morgan fingerprint density at radius 1 is 1.19 bits per heavy atom. The number of thiazole rings is 1. The molecule has 0 atom stereocenters. The quantitative estimate of drug-likeness (QED) is 0.701. The van der Waals surface area contributed by atoms with Crippen molar-refractivity contribution in [2.75, 3.05) is 0 Å². The van der Waals surface area contributed by atoms with Gasteiger partial charge in [-0.25, -0.2) is 4.98 Å². The summed E-state index contributed by atoms with van der Waals surface area (Å²) in [7, 11) is 1.94. The van der Waals surface area contributed by atoms with Gasteiger partial charge in [-0.3, -0.25) is 4.79 Å². The zero-order valence-electron chi connectivity index (χ0n) is 14.8. The number of hydrogen-bond acceptors (Lipinski definition) is 3. The Morgan fingerprint density at radius 3 is 2.48 bits per heavy atom. The molecule has 2 heterocycles. The van der Waals surface area contributed by atoms with Crippen molar-refractivity contribution in [3.63, 3.8) is 0 Å². The molecule has 4 nitrogen and oxygen atoms in total. The first-order chi connectivity index (χ1) is 12.7. The molecule has 0 fully saturated rings. The lowest BCUT2D eigenvalue weighted by molar-refractivity contribution is -0.137. The first kappa shape index (κ1) is 19.2. The first-order valence-electron chi connectivity index (χ1n) is 8.24. The van der Waals surface area contributed by atoms with E-state index in [2.05, 4.69) is 10.3 Å². The number of nitrogens with zero attached hydrogens (tertiary/aromatic N) is 2. The third kappa shape index (κ3) is 4.57. The molecule has 0 aliphatic rings. The number of carbonyl (C=O) groups excluding carboxylic acids is 1. The summed E-state index contributed by atoms with van der Waals surface area (Å²) in [5.41, 5.74) is 2.61. The number of aromatic nitrogens is 2. The van der Waals surface area contributed by atoms with Gasteiger partial charge in [0.15, 0.2) is 0 Å². The fourth-order valence-electron chi connectivity index (χ4n) is 2.58. The largest absolute Gasteiger partial charge is 0.416 e. The van der Waals surface area contributed by atoms with Gasteiger partial charge in [0.05, 0.1) is 24.2 Å². The lowest BCUT2D eigenvalue weighted by Gasteiger charge is -2.07. The number of aryl methyl sites for hydroxylation is 1. The second-order valence-electron chi connectivity index (χ2n) is 6.20. The zero-order valence-corrected chi connectivity index (χ0v) is 15.6. The third-order valence-corrected chi connectivity index (χ3v) is 5.24. The highest BCUT2D eigenvalue weighted by Crippen LogP contribution is 2.31. The van der Waals surface area contributed by atoms with Crippen molar-refractivity contribution in [2.45, 2.75) is 26.1 Å². The maximum atomic E-state index is 12.6. The molecular weight excluding hydrogens is 375 g/mol. The molecule has 0 radical (unpaired) electrons. The Labute approximate surface area is 158 Å². The van der Waals surface area contributed by atoms with Crippen molar-refractivity contribution in [2.24, 2.45) is 7.05 Å². The first-order valence-corrected chi connectivity index (χ1v) is 9.12. The highest BCUT2D eigenvalue weighted by molar-refractivity contribution is 7.13. The van der Waals surface area contributed by atoms with E-state index in [0.717, 1.165) is 23.5 Å². The lowest BCUT2D eigenvalue weighted by Crippen LogP contribution is -2.25. The molecule has 0 spiro atoms. The summed E-state index contributed by atoms with van der Waals surface area (Å²) >= 11 is 1.30. The molecular formula is C19H18F3N3OS. The van der Waals surface area contributed by atoms with Crippen molar-refractivity contribution in [3.8, 4) is 10.6 Å². The highest BCUT2D eigenvalue weighted by atomic mass is 32.1. The maximum Gasteiger partial charge on any atom is 0.416 e. The van der Waals surface area contributed by atoms with Crippen LogP contribution in [0, 0.1) is 6.92 Å². The topological polar surface area (TPSA) is 46.9 Å². The van der Waals surface area contributed by atoms with Gasteiger partial charge in [-0.1, -0.05) is 12.1 Å². The van der Waals surface area contributed by atoms with Crippen molar-refractivity contribution in [1.29, 1.82) is 0 Å². The van der Waals surface area contributed by atoms with Crippen LogP contribution in [0.3, 0.4) is 0 Å². The number of carbonyl (C=O) groups is 1. The molecule has 3 aromatic rings. The number of nitrogens with one attached hydrogen (secondary N) is 1. The van der Waals surface area contributed by atoms with E-state index in [1.807, 2.05) is 30.7 Å². The van der Waals surface area contributed by atoms with Crippen LogP contribution >= 0.6 is 11.3 Å². The molecule has 0 aliphatic heterocycles. The van der Waals surface area contributed by atoms with Crippen molar-refractivity contribution >= 4 is 17.2 Å². The van der Waals surface area contributed by atoms with E-state index >= 15 is 0 Å². The van der Waals surface area contributed by atoms with E-state index in [-0.39, 0.29) is 12.3 Å². The Hall–Kier alpha value is -2.61. The summed E-state index contributed by atoms with van der Waals surface area (Å²) in [5, 5.41) is 5.19. The number of hydrogen-bond donors (Lipinski definition) is 1. The molecule has 8 heteroatoms.